The number of nitrogens with zero attached hydrogens (tertiary/aromatic N) is 1. The second-order valence-corrected chi connectivity index (χ2v) is 5.64. The summed E-state index contributed by atoms with van der Waals surface area (Å²) < 4.78 is 10.1. The van der Waals surface area contributed by atoms with Crippen LogP contribution >= 0.6 is 0 Å². The number of ether oxygens (including phenoxy) is 2. The van der Waals surface area contributed by atoms with Crippen molar-refractivity contribution in [1.82, 2.24) is 4.90 Å². The van der Waals surface area contributed by atoms with Crippen molar-refractivity contribution >= 4 is 11.9 Å². The highest BCUT2D eigenvalue weighted by Crippen LogP contribution is 2.14. The molecule has 0 saturated heterocycles. The van der Waals surface area contributed by atoms with Crippen molar-refractivity contribution in [3.05, 3.63) is 29.8 Å². The summed E-state index contributed by atoms with van der Waals surface area (Å²) in [6.45, 7) is 5.34. The molecular weight excluding hydrogens is 306 g/mol. The third kappa shape index (κ3) is 7.02. The van der Waals surface area contributed by atoms with E-state index in [-0.39, 0.29) is 18.3 Å². The first-order valence-corrected chi connectivity index (χ1v) is 8.71. The van der Waals surface area contributed by atoms with Gasteiger partial charge in [0, 0.05) is 18.7 Å². The van der Waals surface area contributed by atoms with Crippen molar-refractivity contribution in [2.24, 2.45) is 0 Å². The number of carbonyl (C=O) groups is 2. The molecule has 0 unspecified atom stereocenters. The van der Waals surface area contributed by atoms with Gasteiger partial charge in [-0.05, 0) is 37.6 Å². The van der Waals surface area contributed by atoms with E-state index in [9.17, 15) is 9.59 Å². The van der Waals surface area contributed by atoms with Crippen molar-refractivity contribution < 1.29 is 19.1 Å². The van der Waals surface area contributed by atoms with Gasteiger partial charge in [0.25, 0.3) is 5.91 Å². The van der Waals surface area contributed by atoms with Gasteiger partial charge in [-0.2, -0.15) is 0 Å². The fourth-order valence-corrected chi connectivity index (χ4v) is 2.42. The van der Waals surface area contributed by atoms with Crippen LogP contribution in [0.1, 0.15) is 56.3 Å². The number of hydrogen-bond donors (Lipinski definition) is 0. The van der Waals surface area contributed by atoms with Gasteiger partial charge in [0.1, 0.15) is 5.75 Å². The maximum absolute atomic E-state index is 12.7. The Morgan fingerprint density at radius 3 is 2.29 bits per heavy atom. The van der Waals surface area contributed by atoms with Crippen molar-refractivity contribution in [2.75, 3.05) is 26.8 Å². The molecule has 134 valence electrons. The van der Waals surface area contributed by atoms with E-state index in [1.165, 1.54) is 0 Å². The minimum absolute atomic E-state index is 0.0570. The molecule has 0 aromatic heterocycles. The molecule has 0 saturated carbocycles. The highest BCUT2D eigenvalue weighted by atomic mass is 16.5. The van der Waals surface area contributed by atoms with Crippen molar-refractivity contribution in [1.29, 1.82) is 0 Å². The molecule has 0 spiro atoms. The second-order valence-electron chi connectivity index (χ2n) is 5.64. The summed E-state index contributed by atoms with van der Waals surface area (Å²) in [5.41, 5.74) is 0.607. The Hall–Kier alpha value is -2.04. The number of carbonyl (C=O) groups excluding carboxylic acids is 2. The van der Waals surface area contributed by atoms with Crippen LogP contribution in [0.4, 0.5) is 0 Å². The summed E-state index contributed by atoms with van der Waals surface area (Å²) in [7, 11) is 1.59. The van der Waals surface area contributed by atoms with Gasteiger partial charge in [-0.3, -0.25) is 9.59 Å². The second kappa shape index (κ2) is 11.5. The Labute approximate surface area is 144 Å². The minimum atomic E-state index is -0.265. The first-order valence-electron chi connectivity index (χ1n) is 8.71. The Kier molecular flexibility index (Phi) is 9.58. The van der Waals surface area contributed by atoms with Gasteiger partial charge in [0.15, 0.2) is 0 Å². The molecule has 1 aromatic rings. The zero-order chi connectivity index (χ0) is 17.8. The fraction of sp³-hybridized carbons (Fsp3) is 0.579. The van der Waals surface area contributed by atoms with Crippen LogP contribution in [0.15, 0.2) is 24.3 Å². The van der Waals surface area contributed by atoms with Crippen LogP contribution in [0.3, 0.4) is 0 Å². The van der Waals surface area contributed by atoms with E-state index in [2.05, 4.69) is 6.92 Å². The number of esters is 1. The molecule has 0 fully saturated rings. The molecule has 1 aromatic carbocycles. The number of benzene rings is 1. The summed E-state index contributed by atoms with van der Waals surface area (Å²) in [6, 6.07) is 7.05. The molecule has 5 nitrogen and oxygen atoms in total. The van der Waals surface area contributed by atoms with E-state index in [0.717, 1.165) is 25.7 Å². The molecule has 1 rings (SSSR count). The number of rotatable bonds is 11. The lowest BCUT2D eigenvalue weighted by atomic mass is 10.1. The highest BCUT2D eigenvalue weighted by Gasteiger charge is 2.17. The number of unbranched alkanes of at least 4 members (excludes halogenated alkanes) is 3. The van der Waals surface area contributed by atoms with Crippen LogP contribution in [-0.4, -0.2) is 43.6 Å². The minimum Gasteiger partial charge on any atom is -0.497 e. The predicted octanol–water partition coefficient (Wildman–Crippen LogP) is 3.67. The van der Waals surface area contributed by atoms with Crippen LogP contribution in [0.5, 0.6) is 5.75 Å². The van der Waals surface area contributed by atoms with Crippen LogP contribution < -0.4 is 4.74 Å². The largest absolute Gasteiger partial charge is 0.497 e. The maximum Gasteiger partial charge on any atom is 0.307 e. The van der Waals surface area contributed by atoms with Crippen LogP contribution in [-0.2, 0) is 9.53 Å². The molecule has 0 aliphatic rings. The van der Waals surface area contributed by atoms with Crippen LogP contribution in [0.2, 0.25) is 0 Å². The molecule has 0 N–H and O–H groups in total. The van der Waals surface area contributed by atoms with Crippen LogP contribution in [0, 0.1) is 0 Å². The van der Waals surface area contributed by atoms with E-state index in [1.807, 2.05) is 0 Å². The van der Waals surface area contributed by atoms with Crippen molar-refractivity contribution in [3.63, 3.8) is 0 Å². The molecule has 0 bridgehead atoms. The molecule has 1 amide bonds. The van der Waals surface area contributed by atoms with Gasteiger partial charge in [0.05, 0.1) is 20.1 Å². The molecule has 0 heterocycles. The van der Waals surface area contributed by atoms with E-state index >= 15 is 0 Å². The Balaban J connectivity index is 2.69. The van der Waals surface area contributed by atoms with Gasteiger partial charge >= 0.3 is 5.97 Å². The zero-order valence-electron chi connectivity index (χ0n) is 15.0. The SMILES string of the molecule is CCCCCCN(CCC(=O)OCC)C(=O)c1ccc(OC)cc1. The lowest BCUT2D eigenvalue weighted by molar-refractivity contribution is -0.143. The van der Waals surface area contributed by atoms with Crippen molar-refractivity contribution in [2.45, 2.75) is 46.0 Å². The third-order valence-corrected chi connectivity index (χ3v) is 3.80. The average molecular weight is 335 g/mol. The molecule has 0 aliphatic carbocycles. The smallest absolute Gasteiger partial charge is 0.307 e. The quantitative estimate of drug-likeness (QED) is 0.457. The normalized spacial score (nSPS) is 10.3. The number of amides is 1. The monoisotopic (exact) mass is 335 g/mol. The summed E-state index contributed by atoms with van der Waals surface area (Å²) in [6.07, 6.45) is 4.56. The molecule has 24 heavy (non-hydrogen) atoms. The number of hydrogen-bond acceptors (Lipinski definition) is 4. The van der Waals surface area contributed by atoms with Gasteiger partial charge in [0.2, 0.25) is 0 Å². The lowest BCUT2D eigenvalue weighted by Gasteiger charge is -2.22. The Morgan fingerprint density at radius 1 is 1.00 bits per heavy atom. The third-order valence-electron chi connectivity index (χ3n) is 3.80. The lowest BCUT2D eigenvalue weighted by Crippen LogP contribution is -2.34. The standard InChI is InChI=1S/C19H29NO4/c1-4-6-7-8-14-20(15-13-18(21)24-5-2)19(22)16-9-11-17(23-3)12-10-16/h9-12H,4-8,13-15H2,1-3H3. The van der Waals surface area contributed by atoms with Gasteiger partial charge < -0.3 is 14.4 Å². The first-order chi connectivity index (χ1) is 11.6. The zero-order valence-corrected chi connectivity index (χ0v) is 15.0. The molecule has 0 atom stereocenters. The summed E-state index contributed by atoms with van der Waals surface area (Å²) in [5, 5.41) is 0. The van der Waals surface area contributed by atoms with Crippen molar-refractivity contribution in [3.8, 4) is 5.75 Å². The van der Waals surface area contributed by atoms with Gasteiger partial charge in [-0.15, -0.1) is 0 Å². The summed E-state index contributed by atoms with van der Waals surface area (Å²) >= 11 is 0. The highest BCUT2D eigenvalue weighted by molar-refractivity contribution is 5.94. The average Bonchev–Trinajstić information content (AvgIpc) is 2.61. The van der Waals surface area contributed by atoms with Gasteiger partial charge in [-0.1, -0.05) is 26.2 Å². The van der Waals surface area contributed by atoms with E-state index in [4.69, 9.17) is 9.47 Å². The Bertz CT molecular complexity index is 499. The maximum atomic E-state index is 12.7. The molecule has 0 aliphatic heterocycles. The van der Waals surface area contributed by atoms with E-state index in [1.54, 1.807) is 43.2 Å². The van der Waals surface area contributed by atoms with Gasteiger partial charge in [-0.25, -0.2) is 0 Å². The van der Waals surface area contributed by atoms with Crippen LogP contribution in [0.25, 0.3) is 0 Å². The summed E-state index contributed by atoms with van der Waals surface area (Å²) in [4.78, 5) is 26.0. The topological polar surface area (TPSA) is 55.8 Å². The molecular formula is C19H29NO4. The first kappa shape index (κ1) is 20.0. The predicted molar refractivity (Wildman–Crippen MR) is 94.3 cm³/mol. The van der Waals surface area contributed by atoms with E-state index < -0.39 is 0 Å². The molecule has 5 heteroatoms. The van der Waals surface area contributed by atoms with E-state index in [0.29, 0.717) is 31.0 Å². The Morgan fingerprint density at radius 2 is 1.71 bits per heavy atom. The molecule has 0 radical (unpaired) electrons. The summed E-state index contributed by atoms with van der Waals surface area (Å²) in [5.74, 6) is 0.393. The fourth-order valence-electron chi connectivity index (χ4n) is 2.42. The number of methoxy groups -OCH3 is 1.